The molecule has 1 aliphatic carbocycles. The van der Waals surface area contributed by atoms with Crippen molar-refractivity contribution in [1.29, 1.82) is 0 Å². The molecule has 0 aliphatic heterocycles. The molecule has 1 aromatic rings. The Morgan fingerprint density at radius 2 is 1.83 bits per heavy atom. The lowest BCUT2D eigenvalue weighted by atomic mass is 9.82. The molecule has 2 rings (SSSR count). The summed E-state index contributed by atoms with van der Waals surface area (Å²) in [6.45, 7) is 3.68. The minimum Gasteiger partial charge on any atom is -0.465 e. The summed E-state index contributed by atoms with van der Waals surface area (Å²) in [4.78, 5) is 35.3. The molecule has 1 saturated carbocycles. The molecular weight excluding hydrogens is 376 g/mol. The van der Waals surface area contributed by atoms with E-state index in [1.807, 2.05) is 44.2 Å². The van der Waals surface area contributed by atoms with Crippen molar-refractivity contribution in [3.05, 3.63) is 35.9 Å². The SMILES string of the molecule is CC(C)(CCc1ccccc1)OC(=O)N[C@H]1CC[C@H](C(=O)NN)C[C@H]1NC(=O)O. The average Bonchev–Trinajstić information content (AvgIpc) is 2.67. The van der Waals surface area contributed by atoms with Gasteiger partial charge in [0.2, 0.25) is 5.91 Å². The second kappa shape index (κ2) is 10.1. The standard InChI is InChI=1S/C20H30N4O5/c1-20(2,11-10-13-6-4-3-5-7-13)29-19(28)23-15-9-8-14(17(25)24-21)12-16(15)22-18(26)27/h3-7,14-16,22H,8-12,21H2,1-2H3,(H,23,28)(H,24,25)(H,26,27)/t14-,15-,16+/m0/s1. The molecule has 160 valence electrons. The Morgan fingerprint density at radius 1 is 1.14 bits per heavy atom. The van der Waals surface area contributed by atoms with Crippen molar-refractivity contribution in [3.63, 3.8) is 0 Å². The Hall–Kier alpha value is -2.81. The van der Waals surface area contributed by atoms with Gasteiger partial charge in [0.15, 0.2) is 0 Å². The van der Waals surface area contributed by atoms with E-state index in [2.05, 4.69) is 16.1 Å². The maximum Gasteiger partial charge on any atom is 0.407 e. The fourth-order valence-electron chi connectivity index (χ4n) is 3.59. The van der Waals surface area contributed by atoms with Gasteiger partial charge in [-0.15, -0.1) is 0 Å². The van der Waals surface area contributed by atoms with E-state index in [9.17, 15) is 14.4 Å². The summed E-state index contributed by atoms with van der Waals surface area (Å²) in [6, 6.07) is 8.85. The van der Waals surface area contributed by atoms with Gasteiger partial charge in [0.05, 0.1) is 12.1 Å². The number of nitrogens with one attached hydrogen (secondary N) is 3. The van der Waals surface area contributed by atoms with Crippen LogP contribution in [0.15, 0.2) is 30.3 Å². The van der Waals surface area contributed by atoms with E-state index in [4.69, 9.17) is 15.7 Å². The number of hydrogen-bond acceptors (Lipinski definition) is 5. The van der Waals surface area contributed by atoms with E-state index in [0.29, 0.717) is 19.3 Å². The zero-order chi connectivity index (χ0) is 21.4. The Kier molecular flexibility index (Phi) is 7.83. The predicted molar refractivity (Wildman–Crippen MR) is 107 cm³/mol. The van der Waals surface area contributed by atoms with Gasteiger partial charge in [0.25, 0.3) is 0 Å². The second-order valence-corrected chi connectivity index (χ2v) is 7.96. The number of amides is 3. The molecule has 0 saturated heterocycles. The summed E-state index contributed by atoms with van der Waals surface area (Å²) in [5.74, 6) is 4.43. The van der Waals surface area contributed by atoms with Crippen molar-refractivity contribution >= 4 is 18.1 Å². The number of carbonyl (C=O) groups is 3. The van der Waals surface area contributed by atoms with Crippen LogP contribution in [0.2, 0.25) is 0 Å². The predicted octanol–water partition coefficient (Wildman–Crippen LogP) is 1.92. The molecule has 0 radical (unpaired) electrons. The van der Waals surface area contributed by atoms with Crippen molar-refractivity contribution in [2.45, 2.75) is 63.6 Å². The van der Waals surface area contributed by atoms with Gasteiger partial charge < -0.3 is 20.5 Å². The Morgan fingerprint density at radius 3 is 2.45 bits per heavy atom. The van der Waals surface area contributed by atoms with Crippen LogP contribution in [0.5, 0.6) is 0 Å². The molecule has 0 aromatic heterocycles. The largest absolute Gasteiger partial charge is 0.465 e. The number of benzene rings is 1. The summed E-state index contributed by atoms with van der Waals surface area (Å²) in [7, 11) is 0. The maximum absolute atomic E-state index is 12.4. The molecule has 1 fully saturated rings. The van der Waals surface area contributed by atoms with Crippen LogP contribution in [0, 0.1) is 5.92 Å². The first kappa shape index (κ1) is 22.5. The van der Waals surface area contributed by atoms with E-state index < -0.39 is 35.8 Å². The highest BCUT2D eigenvalue weighted by atomic mass is 16.6. The van der Waals surface area contributed by atoms with Crippen LogP contribution < -0.4 is 21.9 Å². The number of hydrazine groups is 1. The third-order valence-corrected chi connectivity index (χ3v) is 5.20. The van der Waals surface area contributed by atoms with Crippen molar-refractivity contribution in [2.75, 3.05) is 0 Å². The Labute approximate surface area is 170 Å². The first-order chi connectivity index (χ1) is 13.7. The van der Waals surface area contributed by atoms with Gasteiger partial charge in [-0.25, -0.2) is 15.4 Å². The average molecular weight is 406 g/mol. The number of rotatable bonds is 7. The van der Waals surface area contributed by atoms with Crippen molar-refractivity contribution < 1.29 is 24.2 Å². The van der Waals surface area contributed by atoms with Crippen LogP contribution in [0.25, 0.3) is 0 Å². The molecule has 0 heterocycles. The molecule has 29 heavy (non-hydrogen) atoms. The number of carbonyl (C=O) groups excluding carboxylic acids is 2. The lowest BCUT2D eigenvalue weighted by Crippen LogP contribution is -2.56. The van der Waals surface area contributed by atoms with Crippen molar-refractivity contribution in [1.82, 2.24) is 16.1 Å². The van der Waals surface area contributed by atoms with Crippen LogP contribution in [-0.2, 0) is 16.0 Å². The van der Waals surface area contributed by atoms with Gasteiger partial charge in [-0.2, -0.15) is 0 Å². The Bertz CT molecular complexity index is 710. The van der Waals surface area contributed by atoms with Gasteiger partial charge in [-0.3, -0.25) is 10.2 Å². The highest BCUT2D eigenvalue weighted by molar-refractivity contribution is 5.78. The van der Waals surface area contributed by atoms with E-state index in [1.54, 1.807) is 0 Å². The third-order valence-electron chi connectivity index (χ3n) is 5.20. The van der Waals surface area contributed by atoms with Gasteiger partial charge in [-0.05, 0) is 51.5 Å². The smallest absolute Gasteiger partial charge is 0.407 e. The molecule has 0 bridgehead atoms. The summed E-state index contributed by atoms with van der Waals surface area (Å²) < 4.78 is 5.59. The Balaban J connectivity index is 1.91. The molecule has 0 spiro atoms. The quantitative estimate of drug-likeness (QED) is 0.266. The van der Waals surface area contributed by atoms with Gasteiger partial charge in [-0.1, -0.05) is 30.3 Å². The molecule has 9 heteroatoms. The van der Waals surface area contributed by atoms with Gasteiger partial charge in [0, 0.05) is 5.92 Å². The van der Waals surface area contributed by atoms with Crippen LogP contribution in [-0.4, -0.2) is 40.9 Å². The molecular formula is C20H30N4O5. The van der Waals surface area contributed by atoms with Crippen LogP contribution >= 0.6 is 0 Å². The van der Waals surface area contributed by atoms with Crippen molar-refractivity contribution in [2.24, 2.45) is 11.8 Å². The summed E-state index contributed by atoms with van der Waals surface area (Å²) in [5.41, 5.74) is 2.57. The van der Waals surface area contributed by atoms with E-state index in [0.717, 1.165) is 12.0 Å². The van der Waals surface area contributed by atoms with Gasteiger partial charge >= 0.3 is 12.2 Å². The normalized spacial score (nSPS) is 21.7. The van der Waals surface area contributed by atoms with Crippen LogP contribution in [0.3, 0.4) is 0 Å². The van der Waals surface area contributed by atoms with E-state index in [-0.39, 0.29) is 12.3 Å². The number of alkyl carbamates (subject to hydrolysis) is 1. The molecule has 6 N–H and O–H groups in total. The van der Waals surface area contributed by atoms with Gasteiger partial charge in [0.1, 0.15) is 5.60 Å². The summed E-state index contributed by atoms with van der Waals surface area (Å²) in [5, 5.41) is 14.2. The zero-order valence-corrected chi connectivity index (χ0v) is 16.8. The number of hydrogen-bond donors (Lipinski definition) is 5. The first-order valence-electron chi connectivity index (χ1n) is 9.73. The fraction of sp³-hybridized carbons (Fsp3) is 0.550. The topological polar surface area (TPSA) is 143 Å². The zero-order valence-electron chi connectivity index (χ0n) is 16.8. The maximum atomic E-state index is 12.4. The minimum absolute atomic E-state index is 0.248. The highest BCUT2D eigenvalue weighted by Gasteiger charge is 2.36. The summed E-state index contributed by atoms with van der Waals surface area (Å²) >= 11 is 0. The highest BCUT2D eigenvalue weighted by Crippen LogP contribution is 2.26. The molecule has 3 atom stereocenters. The molecule has 3 amide bonds. The number of carboxylic acid groups (broad SMARTS) is 1. The molecule has 1 aliphatic rings. The van der Waals surface area contributed by atoms with E-state index >= 15 is 0 Å². The number of nitrogens with two attached hydrogens (primary N) is 1. The number of ether oxygens (including phenoxy) is 1. The lowest BCUT2D eigenvalue weighted by molar-refractivity contribution is -0.126. The lowest BCUT2D eigenvalue weighted by Gasteiger charge is -2.36. The second-order valence-electron chi connectivity index (χ2n) is 7.96. The molecule has 0 unspecified atom stereocenters. The van der Waals surface area contributed by atoms with Crippen molar-refractivity contribution in [3.8, 4) is 0 Å². The first-order valence-corrected chi connectivity index (χ1v) is 9.73. The molecule has 9 nitrogen and oxygen atoms in total. The van der Waals surface area contributed by atoms with E-state index in [1.165, 1.54) is 0 Å². The van der Waals surface area contributed by atoms with Crippen LogP contribution in [0.4, 0.5) is 9.59 Å². The minimum atomic E-state index is -1.22. The molecule has 1 aromatic carbocycles. The van der Waals surface area contributed by atoms with Crippen LogP contribution in [0.1, 0.15) is 45.1 Å². The fourth-order valence-corrected chi connectivity index (χ4v) is 3.59. The summed E-state index contributed by atoms with van der Waals surface area (Å²) in [6.07, 6.45) is 0.761. The third kappa shape index (κ3) is 7.26. The monoisotopic (exact) mass is 406 g/mol. The number of aryl methyl sites for hydroxylation is 1.